The molecule has 9 heteroatoms. The average Bonchev–Trinajstić information content (AvgIpc) is 3.32. The number of benzene rings is 1. The van der Waals surface area contributed by atoms with Gasteiger partial charge in [0.25, 0.3) is 5.91 Å². The van der Waals surface area contributed by atoms with Crippen molar-refractivity contribution in [2.45, 2.75) is 38.0 Å². The first-order chi connectivity index (χ1) is 16.7. The highest BCUT2D eigenvalue weighted by atomic mass is 16.3. The molecule has 2 N–H and O–H groups in total. The molecule has 1 saturated carbocycles. The number of hydrogen-bond acceptors (Lipinski definition) is 7. The minimum absolute atomic E-state index is 0.0196. The van der Waals surface area contributed by atoms with Gasteiger partial charge in [0.1, 0.15) is 11.8 Å². The smallest absolute Gasteiger partial charge is 0.254 e. The average molecular weight is 461 g/mol. The number of nitrogens with one attached hydrogen (secondary N) is 2. The summed E-state index contributed by atoms with van der Waals surface area (Å²) in [6.07, 6.45) is 7.59. The lowest BCUT2D eigenvalue weighted by Crippen LogP contribution is -2.69. The number of carbonyl (C=O) groups is 2. The van der Waals surface area contributed by atoms with Crippen LogP contribution in [0.5, 0.6) is 0 Å². The van der Waals surface area contributed by atoms with E-state index in [1.807, 2.05) is 23.1 Å². The summed E-state index contributed by atoms with van der Waals surface area (Å²) in [4.78, 5) is 38.5. The number of hydrogen-bond donors (Lipinski definition) is 2. The Bertz CT molecular complexity index is 1200. The fourth-order valence-corrected chi connectivity index (χ4v) is 5.36. The molecule has 3 aliphatic rings. The van der Waals surface area contributed by atoms with E-state index in [0.29, 0.717) is 48.7 Å². The van der Waals surface area contributed by atoms with Gasteiger partial charge in [-0.2, -0.15) is 0 Å². The Morgan fingerprint density at radius 3 is 2.76 bits per heavy atom. The van der Waals surface area contributed by atoms with Crippen molar-refractivity contribution in [2.75, 3.05) is 26.2 Å². The Morgan fingerprint density at radius 2 is 1.94 bits per heavy atom. The van der Waals surface area contributed by atoms with Crippen LogP contribution in [0.15, 0.2) is 47.1 Å². The zero-order valence-corrected chi connectivity index (χ0v) is 18.9. The van der Waals surface area contributed by atoms with Crippen LogP contribution in [0.4, 0.5) is 0 Å². The molecule has 3 aromatic rings. The van der Waals surface area contributed by atoms with Crippen molar-refractivity contribution in [3.05, 3.63) is 48.3 Å². The maximum atomic E-state index is 13.2. The van der Waals surface area contributed by atoms with Crippen molar-refractivity contribution in [3.8, 4) is 11.5 Å². The number of carbonyl (C=O) groups excluding carboxylic acids is 2. The van der Waals surface area contributed by atoms with E-state index in [-0.39, 0.29) is 30.1 Å². The minimum Gasteiger partial charge on any atom is -0.436 e. The molecule has 0 spiro atoms. The third-order valence-corrected chi connectivity index (χ3v) is 7.26. The second-order valence-corrected chi connectivity index (χ2v) is 9.35. The molecule has 4 heterocycles. The summed E-state index contributed by atoms with van der Waals surface area (Å²) in [6, 6.07) is 9.38. The summed E-state index contributed by atoms with van der Waals surface area (Å²) in [6.45, 7) is 2.63. The number of oxazole rings is 1. The molecule has 0 bridgehead atoms. The molecule has 2 aromatic heterocycles. The normalized spacial score (nSPS) is 25.7. The predicted octanol–water partition coefficient (Wildman–Crippen LogP) is 2.21. The molecule has 3 unspecified atom stereocenters. The number of nitrogens with zero attached hydrogens (tertiary/aromatic N) is 4. The van der Waals surface area contributed by atoms with E-state index < -0.39 is 0 Å². The molecule has 0 radical (unpaired) electrons. The van der Waals surface area contributed by atoms with Gasteiger partial charge in [0.05, 0.1) is 11.5 Å². The lowest BCUT2D eigenvalue weighted by atomic mass is 9.82. The van der Waals surface area contributed by atoms with Crippen LogP contribution in [-0.4, -0.2) is 70.1 Å². The number of aromatic nitrogens is 2. The zero-order chi connectivity index (χ0) is 23.1. The van der Waals surface area contributed by atoms with E-state index in [9.17, 15) is 9.59 Å². The van der Waals surface area contributed by atoms with Crippen molar-refractivity contribution < 1.29 is 14.0 Å². The summed E-state index contributed by atoms with van der Waals surface area (Å²) in [5.74, 6) is 0.730. The van der Waals surface area contributed by atoms with Crippen LogP contribution in [0.3, 0.4) is 0 Å². The summed E-state index contributed by atoms with van der Waals surface area (Å²) < 4.78 is 5.90. The molecule has 34 heavy (non-hydrogen) atoms. The lowest BCUT2D eigenvalue weighted by molar-refractivity contribution is -0.134. The van der Waals surface area contributed by atoms with Gasteiger partial charge in [0.2, 0.25) is 11.8 Å². The van der Waals surface area contributed by atoms with Crippen LogP contribution in [0.2, 0.25) is 0 Å². The van der Waals surface area contributed by atoms with Crippen LogP contribution < -0.4 is 10.6 Å². The van der Waals surface area contributed by atoms with Crippen LogP contribution in [-0.2, 0) is 4.79 Å². The molecule has 2 aliphatic heterocycles. The molecular formula is C25H28N6O3. The quantitative estimate of drug-likeness (QED) is 0.618. The molecular weight excluding hydrogens is 432 g/mol. The van der Waals surface area contributed by atoms with Crippen LogP contribution in [0, 0.1) is 5.92 Å². The molecule has 9 nitrogen and oxygen atoms in total. The number of piperazine rings is 1. The van der Waals surface area contributed by atoms with Crippen LogP contribution >= 0.6 is 0 Å². The first kappa shape index (κ1) is 21.2. The SMILES string of the molecule is O=C1NC(N2CCN(C(=O)c3ccc4nc(-c5cccnc5)oc4c3)CC2)NC2CCCCC12. The third-order valence-electron chi connectivity index (χ3n) is 7.26. The number of amides is 2. The van der Waals surface area contributed by atoms with Gasteiger partial charge < -0.3 is 14.6 Å². The van der Waals surface area contributed by atoms with E-state index in [4.69, 9.17) is 4.42 Å². The molecule has 3 atom stereocenters. The second kappa shape index (κ2) is 8.81. The number of pyridine rings is 1. The van der Waals surface area contributed by atoms with Crippen molar-refractivity contribution in [3.63, 3.8) is 0 Å². The summed E-state index contributed by atoms with van der Waals surface area (Å²) in [5, 5.41) is 6.78. The first-order valence-corrected chi connectivity index (χ1v) is 12.1. The Labute approximate surface area is 197 Å². The van der Waals surface area contributed by atoms with Gasteiger partial charge in [-0.25, -0.2) is 4.98 Å². The molecule has 2 saturated heterocycles. The molecule has 1 aromatic carbocycles. The summed E-state index contributed by atoms with van der Waals surface area (Å²) >= 11 is 0. The second-order valence-electron chi connectivity index (χ2n) is 9.35. The van der Waals surface area contributed by atoms with Crippen molar-refractivity contribution in [1.82, 2.24) is 30.4 Å². The standard InChI is InChI=1S/C25H28N6O3/c32-22-18-5-1-2-6-19(18)28-25(29-22)31-12-10-30(11-13-31)24(33)16-7-8-20-21(14-16)34-23(27-20)17-4-3-9-26-15-17/h3-4,7-9,14-15,18-19,25,28H,1-2,5-6,10-13H2,(H,29,32). The van der Waals surface area contributed by atoms with Gasteiger partial charge in [-0.05, 0) is 43.2 Å². The van der Waals surface area contributed by atoms with Gasteiger partial charge >= 0.3 is 0 Å². The van der Waals surface area contributed by atoms with E-state index in [2.05, 4.69) is 25.5 Å². The Balaban J connectivity index is 1.11. The molecule has 2 amide bonds. The highest BCUT2D eigenvalue weighted by Crippen LogP contribution is 2.28. The van der Waals surface area contributed by atoms with Gasteiger partial charge in [-0.3, -0.25) is 24.8 Å². The van der Waals surface area contributed by atoms with Gasteiger partial charge in [0, 0.05) is 50.2 Å². The van der Waals surface area contributed by atoms with Gasteiger partial charge in [0.15, 0.2) is 5.58 Å². The van der Waals surface area contributed by atoms with Crippen molar-refractivity contribution in [2.24, 2.45) is 5.92 Å². The fraction of sp³-hybridized carbons (Fsp3) is 0.440. The topological polar surface area (TPSA) is 104 Å². The Kier molecular flexibility index (Phi) is 5.50. The summed E-state index contributed by atoms with van der Waals surface area (Å²) in [5.41, 5.74) is 2.68. The van der Waals surface area contributed by atoms with E-state index in [1.54, 1.807) is 24.5 Å². The summed E-state index contributed by atoms with van der Waals surface area (Å²) in [7, 11) is 0. The van der Waals surface area contributed by atoms with Gasteiger partial charge in [-0.15, -0.1) is 0 Å². The third kappa shape index (κ3) is 3.95. The maximum Gasteiger partial charge on any atom is 0.254 e. The Morgan fingerprint density at radius 1 is 1.09 bits per heavy atom. The number of rotatable bonds is 3. The largest absolute Gasteiger partial charge is 0.436 e. The highest BCUT2D eigenvalue weighted by molar-refractivity contribution is 5.97. The van der Waals surface area contributed by atoms with Crippen LogP contribution in [0.1, 0.15) is 36.0 Å². The van der Waals surface area contributed by atoms with E-state index in [0.717, 1.165) is 24.8 Å². The molecule has 1 aliphatic carbocycles. The Hall–Kier alpha value is -3.30. The molecule has 176 valence electrons. The molecule has 6 rings (SSSR count). The minimum atomic E-state index is -0.152. The van der Waals surface area contributed by atoms with Crippen molar-refractivity contribution in [1.29, 1.82) is 0 Å². The number of fused-ring (bicyclic) bond motifs is 2. The zero-order valence-electron chi connectivity index (χ0n) is 18.9. The lowest BCUT2D eigenvalue weighted by Gasteiger charge is -2.46. The molecule has 3 fully saturated rings. The van der Waals surface area contributed by atoms with E-state index in [1.165, 1.54) is 6.42 Å². The highest BCUT2D eigenvalue weighted by Gasteiger charge is 2.40. The monoisotopic (exact) mass is 460 g/mol. The predicted molar refractivity (Wildman–Crippen MR) is 126 cm³/mol. The van der Waals surface area contributed by atoms with Crippen LogP contribution in [0.25, 0.3) is 22.6 Å². The van der Waals surface area contributed by atoms with Crippen molar-refractivity contribution >= 4 is 22.9 Å². The van der Waals surface area contributed by atoms with E-state index >= 15 is 0 Å². The maximum absolute atomic E-state index is 13.2. The first-order valence-electron chi connectivity index (χ1n) is 12.1. The van der Waals surface area contributed by atoms with Gasteiger partial charge in [-0.1, -0.05) is 12.8 Å². The fourth-order valence-electron chi connectivity index (χ4n) is 5.36.